The minimum absolute atomic E-state index is 0.317. The summed E-state index contributed by atoms with van der Waals surface area (Å²) in [5.41, 5.74) is 1.21. The van der Waals surface area contributed by atoms with Crippen LogP contribution in [0.4, 0.5) is 5.69 Å². The molecule has 5 heteroatoms. The number of anilines is 1. The van der Waals surface area contributed by atoms with Crippen LogP contribution in [0.25, 0.3) is 0 Å². The van der Waals surface area contributed by atoms with Gasteiger partial charge in [-0.3, -0.25) is 0 Å². The Hall–Kier alpha value is -0.540. The molecule has 0 bridgehead atoms. The summed E-state index contributed by atoms with van der Waals surface area (Å²) in [5, 5.41) is 8.39. The lowest BCUT2D eigenvalue weighted by Gasteiger charge is -2.39. The van der Waals surface area contributed by atoms with Crippen molar-refractivity contribution in [1.82, 2.24) is 10.2 Å². The predicted octanol–water partition coefficient (Wildman–Crippen LogP) is 3.41. The Morgan fingerprint density at radius 1 is 1.31 bits per heavy atom. The van der Waals surface area contributed by atoms with Crippen molar-refractivity contribution >= 4 is 28.9 Å². The third kappa shape index (κ3) is 2.58. The fourth-order valence-corrected chi connectivity index (χ4v) is 2.55. The first kappa shape index (κ1) is 11.9. The monoisotopic (exact) mass is 259 g/mol. The van der Waals surface area contributed by atoms with Crippen LogP contribution in [0.2, 0.25) is 10.3 Å². The van der Waals surface area contributed by atoms with Gasteiger partial charge in [0.25, 0.3) is 0 Å². The van der Waals surface area contributed by atoms with E-state index < -0.39 is 0 Å². The first-order valence-electron chi connectivity index (χ1n) is 5.42. The van der Waals surface area contributed by atoms with Gasteiger partial charge in [-0.15, -0.1) is 10.2 Å². The van der Waals surface area contributed by atoms with Crippen LogP contribution in [-0.4, -0.2) is 23.3 Å². The largest absolute Gasteiger partial charge is 0.368 e. The van der Waals surface area contributed by atoms with E-state index in [4.69, 9.17) is 23.2 Å². The molecule has 0 N–H and O–H groups in total. The van der Waals surface area contributed by atoms with Crippen LogP contribution in [0.1, 0.15) is 26.7 Å². The second-order valence-electron chi connectivity index (χ2n) is 5.03. The minimum atomic E-state index is 0.317. The van der Waals surface area contributed by atoms with Gasteiger partial charge in [0, 0.05) is 19.2 Å². The van der Waals surface area contributed by atoms with Gasteiger partial charge in [0.15, 0.2) is 10.3 Å². The van der Waals surface area contributed by atoms with Crippen LogP contribution in [0.3, 0.4) is 0 Å². The van der Waals surface area contributed by atoms with Gasteiger partial charge in [-0.05, 0) is 18.3 Å². The van der Waals surface area contributed by atoms with E-state index in [2.05, 4.69) is 28.9 Å². The van der Waals surface area contributed by atoms with E-state index in [0.29, 0.717) is 15.7 Å². The Labute approximate surface area is 106 Å². The lowest BCUT2D eigenvalue weighted by molar-refractivity contribution is 0.293. The maximum atomic E-state index is 6.05. The molecular weight excluding hydrogens is 245 g/mol. The third-order valence-electron chi connectivity index (χ3n) is 2.94. The molecule has 1 aliphatic rings. The van der Waals surface area contributed by atoms with Crippen molar-refractivity contribution in [3.63, 3.8) is 0 Å². The molecule has 1 aromatic rings. The molecule has 0 unspecified atom stereocenters. The number of rotatable bonds is 1. The van der Waals surface area contributed by atoms with Crippen molar-refractivity contribution in [1.29, 1.82) is 0 Å². The fourth-order valence-electron chi connectivity index (χ4n) is 2.19. The van der Waals surface area contributed by atoms with Crippen molar-refractivity contribution in [2.75, 3.05) is 18.0 Å². The zero-order valence-electron chi connectivity index (χ0n) is 9.50. The first-order valence-corrected chi connectivity index (χ1v) is 6.17. The quantitative estimate of drug-likeness (QED) is 0.774. The molecule has 0 radical (unpaired) electrons. The number of hydrogen-bond acceptors (Lipinski definition) is 3. The molecule has 0 amide bonds. The summed E-state index contributed by atoms with van der Waals surface area (Å²) in [6.45, 7) is 6.52. The normalized spacial score (nSPS) is 19.9. The summed E-state index contributed by atoms with van der Waals surface area (Å²) in [7, 11) is 0. The van der Waals surface area contributed by atoms with Gasteiger partial charge in [0.05, 0.1) is 5.69 Å². The van der Waals surface area contributed by atoms with Crippen LogP contribution in [-0.2, 0) is 0 Å². The zero-order valence-corrected chi connectivity index (χ0v) is 11.0. The molecule has 0 aliphatic carbocycles. The molecule has 3 nitrogen and oxygen atoms in total. The van der Waals surface area contributed by atoms with E-state index in [9.17, 15) is 0 Å². The molecule has 2 rings (SSSR count). The van der Waals surface area contributed by atoms with Crippen molar-refractivity contribution in [3.8, 4) is 0 Å². The van der Waals surface area contributed by atoms with E-state index in [0.717, 1.165) is 18.8 Å². The van der Waals surface area contributed by atoms with Gasteiger partial charge >= 0.3 is 0 Å². The van der Waals surface area contributed by atoms with Gasteiger partial charge < -0.3 is 4.90 Å². The van der Waals surface area contributed by atoms with Crippen LogP contribution >= 0.6 is 23.2 Å². The number of halogens is 2. The number of nitrogens with zero attached hydrogens (tertiary/aromatic N) is 3. The minimum Gasteiger partial charge on any atom is -0.368 e. The van der Waals surface area contributed by atoms with Gasteiger partial charge in [-0.25, -0.2) is 0 Å². The SMILES string of the molecule is CC1(C)CCCN(c2cc(Cl)nnc2Cl)C1. The molecule has 2 heterocycles. The molecule has 0 spiro atoms. The van der Waals surface area contributed by atoms with Crippen molar-refractivity contribution in [2.24, 2.45) is 5.41 Å². The van der Waals surface area contributed by atoms with E-state index in [-0.39, 0.29) is 0 Å². The molecule has 0 aromatic carbocycles. The predicted molar refractivity (Wildman–Crippen MR) is 67.3 cm³/mol. The maximum absolute atomic E-state index is 6.05. The highest BCUT2D eigenvalue weighted by molar-refractivity contribution is 6.33. The lowest BCUT2D eigenvalue weighted by Crippen LogP contribution is -2.40. The Kier molecular flexibility index (Phi) is 3.27. The van der Waals surface area contributed by atoms with Crippen LogP contribution in [0, 0.1) is 5.41 Å². The third-order valence-corrected chi connectivity index (χ3v) is 3.40. The Balaban J connectivity index is 2.26. The first-order chi connectivity index (χ1) is 7.48. The van der Waals surface area contributed by atoms with Crippen molar-refractivity contribution in [2.45, 2.75) is 26.7 Å². The van der Waals surface area contributed by atoms with E-state index in [1.54, 1.807) is 6.07 Å². The Morgan fingerprint density at radius 2 is 2.06 bits per heavy atom. The summed E-state index contributed by atoms with van der Waals surface area (Å²) >= 11 is 11.9. The van der Waals surface area contributed by atoms with Gasteiger partial charge in [-0.1, -0.05) is 37.0 Å². The lowest BCUT2D eigenvalue weighted by atomic mass is 9.84. The molecular formula is C11H15Cl2N3. The summed E-state index contributed by atoms with van der Waals surface area (Å²) in [4.78, 5) is 2.24. The number of piperidine rings is 1. The molecule has 1 aromatic heterocycles. The topological polar surface area (TPSA) is 29.0 Å². The van der Waals surface area contributed by atoms with E-state index in [1.165, 1.54) is 12.8 Å². The number of aromatic nitrogens is 2. The second-order valence-corrected chi connectivity index (χ2v) is 5.78. The Morgan fingerprint density at radius 3 is 2.75 bits per heavy atom. The average Bonchev–Trinajstić information content (AvgIpc) is 2.20. The van der Waals surface area contributed by atoms with Crippen molar-refractivity contribution < 1.29 is 0 Å². The maximum Gasteiger partial charge on any atom is 0.175 e. The number of hydrogen-bond donors (Lipinski definition) is 0. The smallest absolute Gasteiger partial charge is 0.175 e. The van der Waals surface area contributed by atoms with Crippen LogP contribution < -0.4 is 4.90 Å². The molecule has 1 fully saturated rings. The highest BCUT2D eigenvalue weighted by Crippen LogP contribution is 2.34. The zero-order chi connectivity index (χ0) is 11.8. The van der Waals surface area contributed by atoms with E-state index in [1.807, 2.05) is 0 Å². The molecule has 88 valence electrons. The van der Waals surface area contributed by atoms with Crippen molar-refractivity contribution in [3.05, 3.63) is 16.4 Å². The molecule has 0 saturated carbocycles. The van der Waals surface area contributed by atoms with E-state index >= 15 is 0 Å². The second kappa shape index (κ2) is 4.38. The average molecular weight is 260 g/mol. The highest BCUT2D eigenvalue weighted by Gasteiger charge is 2.27. The molecule has 1 aliphatic heterocycles. The van der Waals surface area contributed by atoms with Gasteiger partial charge in [0.2, 0.25) is 0 Å². The van der Waals surface area contributed by atoms with Gasteiger partial charge in [0.1, 0.15) is 0 Å². The summed E-state index contributed by atoms with van der Waals surface area (Å²) < 4.78 is 0. The Bertz CT molecular complexity index is 393. The van der Waals surface area contributed by atoms with Crippen LogP contribution in [0.5, 0.6) is 0 Å². The summed E-state index contributed by atoms with van der Waals surface area (Å²) in [6, 6.07) is 1.79. The van der Waals surface area contributed by atoms with Crippen LogP contribution in [0.15, 0.2) is 6.07 Å². The standard InChI is InChI=1S/C11H15Cl2N3/c1-11(2)4-3-5-16(7-11)8-6-9(12)14-15-10(8)13/h6H,3-5,7H2,1-2H3. The fraction of sp³-hybridized carbons (Fsp3) is 0.636. The highest BCUT2D eigenvalue weighted by atomic mass is 35.5. The van der Waals surface area contributed by atoms with Gasteiger partial charge in [-0.2, -0.15) is 0 Å². The molecule has 16 heavy (non-hydrogen) atoms. The summed E-state index contributed by atoms with van der Waals surface area (Å²) in [6.07, 6.45) is 2.41. The summed E-state index contributed by atoms with van der Waals surface area (Å²) in [5.74, 6) is 0. The molecule has 1 saturated heterocycles. The molecule has 0 atom stereocenters.